The fourth-order valence-corrected chi connectivity index (χ4v) is 3.40. The van der Waals surface area contributed by atoms with Crippen LogP contribution >= 0.6 is 0 Å². The third-order valence-corrected chi connectivity index (χ3v) is 4.71. The standard InChI is InChI=1S/C23H27N3O2/c1-4-14-26-17(3)21(20-8-6-7-9-22(20)26)16-24-25-23(27)15-18-10-12-19(13-11-18)28-5-2/h6-13,16H,4-5,14-15H2,1-3H3,(H,25,27)/b24-16-. The maximum absolute atomic E-state index is 12.2. The van der Waals surface area contributed by atoms with Crippen LogP contribution in [0, 0.1) is 6.92 Å². The first-order valence-electron chi connectivity index (χ1n) is 9.75. The topological polar surface area (TPSA) is 55.6 Å². The van der Waals surface area contributed by atoms with Crippen molar-refractivity contribution in [1.82, 2.24) is 9.99 Å². The van der Waals surface area contributed by atoms with Crippen molar-refractivity contribution in [2.45, 2.75) is 40.2 Å². The highest BCUT2D eigenvalue weighted by atomic mass is 16.5. The Labute approximate surface area is 166 Å². The van der Waals surface area contributed by atoms with E-state index in [4.69, 9.17) is 4.74 Å². The number of hydrazone groups is 1. The molecule has 2 aromatic carbocycles. The molecule has 0 saturated heterocycles. The van der Waals surface area contributed by atoms with Gasteiger partial charge in [0.2, 0.25) is 5.91 Å². The van der Waals surface area contributed by atoms with Crippen LogP contribution in [0.2, 0.25) is 0 Å². The zero-order chi connectivity index (χ0) is 19.9. The second kappa shape index (κ2) is 9.22. The van der Waals surface area contributed by atoms with Crippen LogP contribution < -0.4 is 10.2 Å². The molecule has 3 rings (SSSR count). The fourth-order valence-electron chi connectivity index (χ4n) is 3.40. The Balaban J connectivity index is 1.69. The molecule has 0 fully saturated rings. The molecule has 0 radical (unpaired) electrons. The van der Waals surface area contributed by atoms with Crippen LogP contribution in [0.3, 0.4) is 0 Å². The molecular formula is C23H27N3O2. The molecule has 5 nitrogen and oxygen atoms in total. The summed E-state index contributed by atoms with van der Waals surface area (Å²) in [5.41, 5.74) is 6.97. The van der Waals surface area contributed by atoms with Gasteiger partial charge in [-0.3, -0.25) is 4.79 Å². The molecule has 1 heterocycles. The number of aryl methyl sites for hydroxylation is 1. The third kappa shape index (κ3) is 4.42. The highest BCUT2D eigenvalue weighted by molar-refractivity contribution is 6.01. The summed E-state index contributed by atoms with van der Waals surface area (Å²) in [6.07, 6.45) is 3.09. The lowest BCUT2D eigenvalue weighted by Crippen LogP contribution is -2.19. The molecule has 0 bridgehead atoms. The van der Waals surface area contributed by atoms with E-state index in [-0.39, 0.29) is 12.3 Å². The first kappa shape index (κ1) is 19.7. The Morgan fingerprint density at radius 1 is 1.14 bits per heavy atom. The normalized spacial score (nSPS) is 11.2. The van der Waals surface area contributed by atoms with Gasteiger partial charge in [0.1, 0.15) is 5.75 Å². The number of benzene rings is 2. The number of rotatable bonds is 8. The first-order valence-corrected chi connectivity index (χ1v) is 9.75. The van der Waals surface area contributed by atoms with Crippen LogP contribution in [0.15, 0.2) is 53.6 Å². The van der Waals surface area contributed by atoms with Gasteiger partial charge in [-0.15, -0.1) is 0 Å². The Kier molecular flexibility index (Phi) is 6.48. The minimum Gasteiger partial charge on any atom is -0.494 e. The number of hydrogen-bond donors (Lipinski definition) is 1. The van der Waals surface area contributed by atoms with Crippen molar-refractivity contribution in [3.63, 3.8) is 0 Å². The molecule has 28 heavy (non-hydrogen) atoms. The smallest absolute Gasteiger partial charge is 0.244 e. The molecule has 5 heteroatoms. The van der Waals surface area contributed by atoms with Crippen molar-refractivity contribution in [1.29, 1.82) is 0 Å². The summed E-state index contributed by atoms with van der Waals surface area (Å²) in [4.78, 5) is 12.2. The monoisotopic (exact) mass is 377 g/mol. The van der Waals surface area contributed by atoms with E-state index in [0.717, 1.165) is 40.9 Å². The van der Waals surface area contributed by atoms with Gasteiger partial charge >= 0.3 is 0 Å². The Bertz CT molecular complexity index is 971. The summed E-state index contributed by atoms with van der Waals surface area (Å²) in [6.45, 7) is 7.80. The molecule has 0 aliphatic carbocycles. The predicted octanol–water partition coefficient (Wildman–Crippen LogP) is 4.45. The third-order valence-electron chi connectivity index (χ3n) is 4.71. The van der Waals surface area contributed by atoms with Crippen molar-refractivity contribution < 1.29 is 9.53 Å². The first-order chi connectivity index (χ1) is 13.6. The molecule has 1 N–H and O–H groups in total. The second-order valence-corrected chi connectivity index (χ2v) is 6.71. The van der Waals surface area contributed by atoms with E-state index in [1.54, 1.807) is 6.21 Å². The molecule has 0 spiro atoms. The summed E-state index contributed by atoms with van der Waals surface area (Å²) >= 11 is 0. The Hall–Kier alpha value is -3.08. The van der Waals surface area contributed by atoms with Crippen molar-refractivity contribution in [2.24, 2.45) is 5.10 Å². The van der Waals surface area contributed by atoms with Gasteiger partial charge in [-0.05, 0) is 44.0 Å². The number of aromatic nitrogens is 1. The van der Waals surface area contributed by atoms with Gasteiger partial charge in [-0.25, -0.2) is 5.43 Å². The van der Waals surface area contributed by atoms with E-state index < -0.39 is 0 Å². The average Bonchev–Trinajstić information content (AvgIpc) is 2.96. The zero-order valence-electron chi connectivity index (χ0n) is 16.7. The lowest BCUT2D eigenvalue weighted by molar-refractivity contribution is -0.120. The maximum atomic E-state index is 12.2. The summed E-state index contributed by atoms with van der Waals surface area (Å²) in [6, 6.07) is 15.8. The Morgan fingerprint density at radius 2 is 1.89 bits per heavy atom. The molecule has 0 aliphatic heterocycles. The molecule has 0 atom stereocenters. The fraction of sp³-hybridized carbons (Fsp3) is 0.304. The van der Waals surface area contributed by atoms with E-state index in [9.17, 15) is 4.79 Å². The number of para-hydroxylation sites is 1. The van der Waals surface area contributed by atoms with Gasteiger partial charge in [-0.1, -0.05) is 37.3 Å². The van der Waals surface area contributed by atoms with E-state index in [0.29, 0.717) is 6.61 Å². The molecule has 146 valence electrons. The quantitative estimate of drug-likeness (QED) is 0.466. The van der Waals surface area contributed by atoms with Crippen molar-refractivity contribution in [3.05, 3.63) is 65.4 Å². The number of amides is 1. The number of ether oxygens (including phenoxy) is 1. The lowest BCUT2D eigenvalue weighted by atomic mass is 10.1. The minimum absolute atomic E-state index is 0.143. The summed E-state index contributed by atoms with van der Waals surface area (Å²) in [7, 11) is 0. The van der Waals surface area contributed by atoms with Crippen molar-refractivity contribution >= 4 is 23.0 Å². The molecular weight excluding hydrogens is 350 g/mol. The highest BCUT2D eigenvalue weighted by Gasteiger charge is 2.11. The molecule has 1 amide bonds. The maximum Gasteiger partial charge on any atom is 0.244 e. The minimum atomic E-state index is -0.143. The summed E-state index contributed by atoms with van der Waals surface area (Å²) in [5, 5.41) is 5.36. The summed E-state index contributed by atoms with van der Waals surface area (Å²) in [5.74, 6) is 0.666. The summed E-state index contributed by atoms with van der Waals surface area (Å²) < 4.78 is 7.72. The molecule has 0 unspecified atom stereocenters. The number of nitrogens with one attached hydrogen (secondary N) is 1. The van der Waals surface area contributed by atoms with Crippen molar-refractivity contribution in [2.75, 3.05) is 6.61 Å². The van der Waals surface area contributed by atoms with E-state index in [1.165, 1.54) is 5.52 Å². The number of carbonyl (C=O) groups excluding carboxylic acids is 1. The van der Waals surface area contributed by atoms with Crippen LogP contribution in [-0.2, 0) is 17.8 Å². The number of nitrogens with zero attached hydrogens (tertiary/aromatic N) is 2. The van der Waals surface area contributed by atoms with Gasteiger partial charge in [0.05, 0.1) is 19.2 Å². The van der Waals surface area contributed by atoms with Gasteiger partial charge in [0, 0.05) is 28.7 Å². The van der Waals surface area contributed by atoms with Gasteiger partial charge in [0.25, 0.3) is 0 Å². The lowest BCUT2D eigenvalue weighted by Gasteiger charge is -2.05. The Morgan fingerprint density at radius 3 is 2.61 bits per heavy atom. The van der Waals surface area contributed by atoms with Crippen LogP contribution in [0.1, 0.15) is 37.1 Å². The van der Waals surface area contributed by atoms with E-state index >= 15 is 0 Å². The van der Waals surface area contributed by atoms with Gasteiger partial charge in [0.15, 0.2) is 0 Å². The molecule has 1 aromatic heterocycles. The van der Waals surface area contributed by atoms with E-state index in [2.05, 4.69) is 41.1 Å². The predicted molar refractivity (Wildman–Crippen MR) is 114 cm³/mol. The second-order valence-electron chi connectivity index (χ2n) is 6.71. The number of hydrogen-bond acceptors (Lipinski definition) is 3. The van der Waals surface area contributed by atoms with Gasteiger partial charge in [-0.2, -0.15) is 5.10 Å². The SMILES string of the molecule is CCCn1c(C)c(/C=N\NC(=O)Cc2ccc(OCC)cc2)c2ccccc21. The highest BCUT2D eigenvalue weighted by Crippen LogP contribution is 2.24. The molecule has 0 saturated carbocycles. The zero-order valence-corrected chi connectivity index (χ0v) is 16.7. The van der Waals surface area contributed by atoms with Crippen LogP contribution in [-0.4, -0.2) is 23.3 Å². The number of carbonyl (C=O) groups is 1. The van der Waals surface area contributed by atoms with Crippen molar-refractivity contribution in [3.8, 4) is 5.75 Å². The van der Waals surface area contributed by atoms with Crippen LogP contribution in [0.25, 0.3) is 10.9 Å². The van der Waals surface area contributed by atoms with Crippen LogP contribution in [0.5, 0.6) is 5.75 Å². The number of fused-ring (bicyclic) bond motifs is 1. The largest absolute Gasteiger partial charge is 0.494 e. The van der Waals surface area contributed by atoms with E-state index in [1.807, 2.05) is 43.3 Å². The molecule has 3 aromatic rings. The van der Waals surface area contributed by atoms with Crippen LogP contribution in [0.4, 0.5) is 0 Å². The average molecular weight is 377 g/mol. The molecule has 0 aliphatic rings. The van der Waals surface area contributed by atoms with Gasteiger partial charge < -0.3 is 9.30 Å².